The van der Waals surface area contributed by atoms with Gasteiger partial charge in [-0.2, -0.15) is 13.2 Å². The average molecular weight is 388 g/mol. The third kappa shape index (κ3) is 3.69. The maximum Gasteiger partial charge on any atom is 0.419 e. The van der Waals surface area contributed by atoms with E-state index in [1.165, 1.54) is 12.1 Å². The fourth-order valence-corrected chi connectivity index (χ4v) is 3.59. The summed E-state index contributed by atoms with van der Waals surface area (Å²) in [6.07, 6.45) is -1.78. The molecule has 1 fully saturated rings. The minimum Gasteiger partial charge on any atom is -0.508 e. The fourth-order valence-electron chi connectivity index (χ4n) is 3.59. The molecule has 1 aliphatic rings. The van der Waals surface area contributed by atoms with E-state index < -0.39 is 11.7 Å². The Morgan fingerprint density at radius 1 is 1.04 bits per heavy atom. The topological polar surface area (TPSA) is 45.6 Å². The number of phenols is 1. The van der Waals surface area contributed by atoms with Crippen LogP contribution in [0.15, 0.2) is 54.7 Å². The van der Waals surface area contributed by atoms with Crippen LogP contribution in [0.2, 0.25) is 0 Å². The summed E-state index contributed by atoms with van der Waals surface area (Å²) in [5.74, 6) is 0.0523. The van der Waals surface area contributed by atoms with Crippen molar-refractivity contribution in [2.24, 2.45) is 0 Å². The molecule has 146 valence electrons. The monoisotopic (exact) mass is 388 g/mol. The third-order valence-electron chi connectivity index (χ3n) is 4.97. The van der Waals surface area contributed by atoms with Gasteiger partial charge in [-0.05, 0) is 36.4 Å². The first kappa shape index (κ1) is 18.4. The summed E-state index contributed by atoms with van der Waals surface area (Å²) in [6.45, 7) is 1.29. The Labute approximate surface area is 160 Å². The molecular weight excluding hydrogens is 369 g/mol. The number of piperidine rings is 1. The van der Waals surface area contributed by atoms with Gasteiger partial charge in [-0.1, -0.05) is 12.1 Å². The van der Waals surface area contributed by atoms with Gasteiger partial charge in [0.15, 0.2) is 0 Å². The van der Waals surface area contributed by atoms with E-state index in [1.54, 1.807) is 30.5 Å². The molecule has 1 aromatic heterocycles. The van der Waals surface area contributed by atoms with Crippen molar-refractivity contribution in [1.82, 2.24) is 4.98 Å². The first-order valence-electron chi connectivity index (χ1n) is 9.07. The zero-order valence-electron chi connectivity index (χ0n) is 15.0. The van der Waals surface area contributed by atoms with Crippen LogP contribution in [0.3, 0.4) is 0 Å². The number of para-hydroxylation sites is 1. The SMILES string of the molecule is Oc1ccc2nccc(N3CCC(Oc4ccccc4C(F)(F)F)CC3)c2c1. The zero-order chi connectivity index (χ0) is 19.7. The summed E-state index contributed by atoms with van der Waals surface area (Å²) in [5.41, 5.74) is 0.996. The lowest BCUT2D eigenvalue weighted by molar-refractivity contribution is -0.139. The predicted octanol–water partition coefficient (Wildman–Crippen LogP) is 5.01. The molecule has 1 saturated heterocycles. The Kier molecular flexibility index (Phi) is 4.75. The number of phenolic OH excluding ortho intramolecular Hbond substituents is 1. The molecule has 2 heterocycles. The minimum absolute atomic E-state index is 0.118. The number of pyridine rings is 1. The number of hydrogen-bond acceptors (Lipinski definition) is 4. The van der Waals surface area contributed by atoms with Crippen molar-refractivity contribution < 1.29 is 23.0 Å². The van der Waals surface area contributed by atoms with Gasteiger partial charge in [-0.15, -0.1) is 0 Å². The maximum absolute atomic E-state index is 13.2. The average Bonchev–Trinajstić information content (AvgIpc) is 2.68. The van der Waals surface area contributed by atoms with E-state index in [-0.39, 0.29) is 17.6 Å². The second kappa shape index (κ2) is 7.22. The van der Waals surface area contributed by atoms with Gasteiger partial charge in [-0.3, -0.25) is 4.98 Å². The van der Waals surface area contributed by atoms with Gasteiger partial charge < -0.3 is 14.7 Å². The summed E-state index contributed by atoms with van der Waals surface area (Å²) in [6, 6.07) is 12.3. The van der Waals surface area contributed by atoms with Crippen LogP contribution in [-0.4, -0.2) is 29.3 Å². The summed E-state index contributed by atoms with van der Waals surface area (Å²) >= 11 is 0. The number of benzene rings is 2. The number of aromatic hydroxyl groups is 1. The molecule has 0 atom stereocenters. The molecule has 0 amide bonds. The Morgan fingerprint density at radius 2 is 1.79 bits per heavy atom. The van der Waals surface area contributed by atoms with Crippen LogP contribution in [0.5, 0.6) is 11.5 Å². The van der Waals surface area contributed by atoms with Gasteiger partial charge in [0, 0.05) is 43.2 Å². The van der Waals surface area contributed by atoms with Gasteiger partial charge in [0.25, 0.3) is 0 Å². The first-order chi connectivity index (χ1) is 13.4. The lowest BCUT2D eigenvalue weighted by Gasteiger charge is -2.34. The van der Waals surface area contributed by atoms with Crippen LogP contribution in [0.1, 0.15) is 18.4 Å². The standard InChI is InChI=1S/C21H19F3N2O2/c22-21(23,24)17-3-1-2-4-20(17)28-15-8-11-26(12-9-15)19-7-10-25-18-6-5-14(27)13-16(18)19/h1-7,10,13,15,27H,8-9,11-12H2. The zero-order valence-corrected chi connectivity index (χ0v) is 15.0. The van der Waals surface area contributed by atoms with E-state index in [0.717, 1.165) is 22.7 Å². The molecule has 0 saturated carbocycles. The predicted molar refractivity (Wildman–Crippen MR) is 101 cm³/mol. The Morgan fingerprint density at radius 3 is 2.54 bits per heavy atom. The van der Waals surface area contributed by atoms with E-state index >= 15 is 0 Å². The highest BCUT2D eigenvalue weighted by molar-refractivity contribution is 5.92. The van der Waals surface area contributed by atoms with Crippen molar-refractivity contribution >= 4 is 16.6 Å². The summed E-state index contributed by atoms with van der Waals surface area (Å²) < 4.78 is 45.2. The number of ether oxygens (including phenoxy) is 1. The fraction of sp³-hybridized carbons (Fsp3) is 0.286. The highest BCUT2D eigenvalue weighted by Crippen LogP contribution is 2.37. The maximum atomic E-state index is 13.2. The molecule has 0 aliphatic carbocycles. The van der Waals surface area contributed by atoms with Crippen molar-refractivity contribution in [2.75, 3.05) is 18.0 Å². The molecule has 1 aliphatic heterocycles. The molecule has 0 spiro atoms. The number of fused-ring (bicyclic) bond motifs is 1. The summed E-state index contributed by atoms with van der Waals surface area (Å²) in [7, 11) is 0. The molecule has 1 N–H and O–H groups in total. The van der Waals surface area contributed by atoms with Crippen molar-refractivity contribution in [3.8, 4) is 11.5 Å². The van der Waals surface area contributed by atoms with E-state index in [4.69, 9.17) is 4.74 Å². The summed E-state index contributed by atoms with van der Waals surface area (Å²) in [4.78, 5) is 6.46. The van der Waals surface area contributed by atoms with Crippen LogP contribution < -0.4 is 9.64 Å². The number of rotatable bonds is 3. The lowest BCUT2D eigenvalue weighted by atomic mass is 10.0. The van der Waals surface area contributed by atoms with Gasteiger partial charge in [-0.25, -0.2) is 0 Å². The second-order valence-electron chi connectivity index (χ2n) is 6.83. The van der Waals surface area contributed by atoms with E-state index in [0.29, 0.717) is 25.9 Å². The Bertz CT molecular complexity index is 983. The second-order valence-corrected chi connectivity index (χ2v) is 6.83. The molecule has 3 aromatic rings. The molecular formula is C21H19F3N2O2. The van der Waals surface area contributed by atoms with Gasteiger partial charge in [0.2, 0.25) is 0 Å². The number of anilines is 1. The van der Waals surface area contributed by atoms with Crippen LogP contribution in [0.4, 0.5) is 18.9 Å². The van der Waals surface area contributed by atoms with Crippen molar-refractivity contribution in [3.63, 3.8) is 0 Å². The number of halogens is 3. The lowest BCUT2D eigenvalue weighted by Crippen LogP contribution is -2.38. The first-order valence-corrected chi connectivity index (χ1v) is 9.07. The van der Waals surface area contributed by atoms with Crippen LogP contribution >= 0.6 is 0 Å². The molecule has 28 heavy (non-hydrogen) atoms. The largest absolute Gasteiger partial charge is 0.508 e. The van der Waals surface area contributed by atoms with Crippen LogP contribution in [0.25, 0.3) is 10.9 Å². The normalized spacial score (nSPS) is 15.8. The van der Waals surface area contributed by atoms with Gasteiger partial charge in [0.1, 0.15) is 17.6 Å². The van der Waals surface area contributed by atoms with E-state index in [1.807, 2.05) is 6.07 Å². The highest BCUT2D eigenvalue weighted by atomic mass is 19.4. The molecule has 2 aromatic carbocycles. The Hall–Kier alpha value is -2.96. The Balaban J connectivity index is 1.49. The van der Waals surface area contributed by atoms with Crippen molar-refractivity contribution in [2.45, 2.75) is 25.1 Å². The van der Waals surface area contributed by atoms with Crippen LogP contribution in [-0.2, 0) is 6.18 Å². The number of aromatic nitrogens is 1. The molecule has 0 unspecified atom stereocenters. The minimum atomic E-state index is -4.44. The number of nitrogens with zero attached hydrogens (tertiary/aromatic N) is 2. The molecule has 4 nitrogen and oxygen atoms in total. The molecule has 7 heteroatoms. The molecule has 0 bridgehead atoms. The van der Waals surface area contributed by atoms with Gasteiger partial charge in [0.05, 0.1) is 11.1 Å². The van der Waals surface area contributed by atoms with E-state index in [2.05, 4.69) is 9.88 Å². The third-order valence-corrected chi connectivity index (χ3v) is 4.97. The smallest absolute Gasteiger partial charge is 0.419 e. The van der Waals surface area contributed by atoms with Crippen molar-refractivity contribution in [3.05, 3.63) is 60.3 Å². The number of hydrogen-bond donors (Lipinski definition) is 1. The quantitative estimate of drug-likeness (QED) is 0.685. The number of alkyl halides is 3. The van der Waals surface area contributed by atoms with E-state index in [9.17, 15) is 18.3 Å². The highest BCUT2D eigenvalue weighted by Gasteiger charge is 2.35. The summed E-state index contributed by atoms with van der Waals surface area (Å²) in [5, 5.41) is 10.6. The van der Waals surface area contributed by atoms with Crippen LogP contribution in [0, 0.1) is 0 Å². The molecule has 0 radical (unpaired) electrons. The van der Waals surface area contributed by atoms with Gasteiger partial charge >= 0.3 is 6.18 Å². The van der Waals surface area contributed by atoms with Crippen molar-refractivity contribution in [1.29, 1.82) is 0 Å². The molecule has 4 rings (SSSR count).